The minimum absolute atomic E-state index is 0.0828. The second-order valence-corrected chi connectivity index (χ2v) is 6.29. The van der Waals surface area contributed by atoms with Gasteiger partial charge in [-0.1, -0.05) is 0 Å². The molecule has 0 aromatic heterocycles. The van der Waals surface area contributed by atoms with Gasteiger partial charge < -0.3 is 9.84 Å². The summed E-state index contributed by atoms with van der Waals surface area (Å²) in [6, 6.07) is -0.608. The van der Waals surface area contributed by atoms with E-state index in [0.29, 0.717) is 12.8 Å². The van der Waals surface area contributed by atoms with E-state index in [1.807, 2.05) is 0 Å². The zero-order chi connectivity index (χ0) is 13.5. The Hall–Kier alpha value is -0.840. The number of piperidine rings is 2. The first-order chi connectivity index (χ1) is 8.29. The van der Waals surface area contributed by atoms with Gasteiger partial charge in [-0.15, -0.1) is 0 Å². The van der Waals surface area contributed by atoms with Crippen molar-refractivity contribution >= 4 is 6.09 Å². The van der Waals surface area contributed by atoms with Crippen molar-refractivity contribution in [2.24, 2.45) is 0 Å². The SMILES string of the molecule is CC(C)(C)OC(=O)N1[C@H]2CCC[C@@H]1[C@H](F)[C@@H](O)C2. The number of carbonyl (C=O) groups excluding carboxylic acids is 1. The van der Waals surface area contributed by atoms with Crippen LogP contribution in [0.25, 0.3) is 0 Å². The fourth-order valence-electron chi connectivity index (χ4n) is 2.92. The van der Waals surface area contributed by atoms with Crippen LogP contribution in [-0.2, 0) is 4.74 Å². The van der Waals surface area contributed by atoms with Gasteiger partial charge in [-0.2, -0.15) is 0 Å². The zero-order valence-electron chi connectivity index (χ0n) is 11.2. The van der Waals surface area contributed by atoms with E-state index in [1.54, 1.807) is 20.8 Å². The Balaban J connectivity index is 2.14. The third kappa shape index (κ3) is 2.60. The van der Waals surface area contributed by atoms with E-state index in [4.69, 9.17) is 4.74 Å². The lowest BCUT2D eigenvalue weighted by Gasteiger charge is -2.49. The van der Waals surface area contributed by atoms with Crippen LogP contribution >= 0.6 is 0 Å². The van der Waals surface area contributed by atoms with Crippen LogP contribution in [0.5, 0.6) is 0 Å². The molecule has 0 spiro atoms. The predicted molar refractivity (Wildman–Crippen MR) is 65.0 cm³/mol. The van der Waals surface area contributed by atoms with Gasteiger partial charge in [0, 0.05) is 6.04 Å². The quantitative estimate of drug-likeness (QED) is 0.726. The lowest BCUT2D eigenvalue weighted by Crippen LogP contribution is -2.62. The third-order valence-electron chi connectivity index (χ3n) is 3.64. The monoisotopic (exact) mass is 259 g/mol. The number of alkyl halides is 1. The summed E-state index contributed by atoms with van der Waals surface area (Å²) in [7, 11) is 0. The molecule has 0 radical (unpaired) electrons. The molecule has 0 aromatic rings. The number of carbonyl (C=O) groups is 1. The summed E-state index contributed by atoms with van der Waals surface area (Å²) in [6.07, 6.45) is -0.105. The predicted octanol–water partition coefficient (Wildman–Crippen LogP) is 2.25. The molecule has 0 unspecified atom stereocenters. The molecule has 0 aromatic carbocycles. The first kappa shape index (κ1) is 13.6. The van der Waals surface area contributed by atoms with Crippen LogP contribution in [0.1, 0.15) is 46.5 Å². The first-order valence-electron chi connectivity index (χ1n) is 6.63. The highest BCUT2D eigenvalue weighted by Gasteiger charge is 2.48. The molecule has 2 heterocycles. The average Bonchev–Trinajstić information content (AvgIpc) is 2.23. The number of hydrogen-bond acceptors (Lipinski definition) is 3. The number of fused-ring (bicyclic) bond motifs is 2. The summed E-state index contributed by atoms with van der Waals surface area (Å²) in [5.41, 5.74) is -0.576. The highest BCUT2D eigenvalue weighted by molar-refractivity contribution is 5.69. The molecular formula is C13H22FNO3. The molecule has 2 aliphatic heterocycles. The molecule has 2 fully saturated rings. The van der Waals surface area contributed by atoms with Crippen LogP contribution < -0.4 is 0 Å². The molecule has 0 saturated carbocycles. The molecule has 5 heteroatoms. The van der Waals surface area contributed by atoms with Crippen LogP contribution in [0.3, 0.4) is 0 Å². The van der Waals surface area contributed by atoms with Gasteiger partial charge in [0.05, 0.1) is 12.1 Å². The summed E-state index contributed by atoms with van der Waals surface area (Å²) in [5, 5.41) is 9.66. The van der Waals surface area contributed by atoms with E-state index < -0.39 is 30.0 Å². The molecule has 2 saturated heterocycles. The largest absolute Gasteiger partial charge is 0.444 e. The maximum Gasteiger partial charge on any atom is 0.410 e. The second-order valence-electron chi connectivity index (χ2n) is 6.29. The Morgan fingerprint density at radius 1 is 1.39 bits per heavy atom. The Kier molecular flexibility index (Phi) is 3.54. The first-order valence-corrected chi connectivity index (χ1v) is 6.63. The van der Waals surface area contributed by atoms with Crippen LogP contribution in [-0.4, -0.2) is 46.1 Å². The van der Waals surface area contributed by atoms with Gasteiger partial charge in [0.25, 0.3) is 0 Å². The Labute approximate surface area is 107 Å². The number of amides is 1. The lowest BCUT2D eigenvalue weighted by molar-refractivity contribution is -0.0865. The molecule has 1 N–H and O–H groups in total. The van der Waals surface area contributed by atoms with E-state index >= 15 is 0 Å². The lowest BCUT2D eigenvalue weighted by atomic mass is 9.82. The van der Waals surface area contributed by atoms with Crippen LogP contribution in [0.4, 0.5) is 9.18 Å². The molecule has 18 heavy (non-hydrogen) atoms. The molecular weight excluding hydrogens is 237 g/mol. The fourth-order valence-corrected chi connectivity index (χ4v) is 2.92. The van der Waals surface area contributed by atoms with E-state index in [-0.39, 0.29) is 6.04 Å². The Bertz CT molecular complexity index is 329. The van der Waals surface area contributed by atoms with Crippen molar-refractivity contribution in [1.29, 1.82) is 0 Å². The van der Waals surface area contributed by atoms with E-state index in [9.17, 15) is 14.3 Å². The van der Waals surface area contributed by atoms with Crippen molar-refractivity contribution in [3.63, 3.8) is 0 Å². The number of ether oxygens (including phenoxy) is 1. The van der Waals surface area contributed by atoms with Crippen molar-refractivity contribution in [3.8, 4) is 0 Å². The van der Waals surface area contributed by atoms with Gasteiger partial charge >= 0.3 is 6.09 Å². The molecule has 1 amide bonds. The van der Waals surface area contributed by atoms with E-state index in [1.165, 1.54) is 4.90 Å². The van der Waals surface area contributed by atoms with Crippen molar-refractivity contribution in [2.45, 2.75) is 76.4 Å². The second kappa shape index (κ2) is 4.68. The molecule has 0 aliphatic carbocycles. The van der Waals surface area contributed by atoms with Crippen molar-refractivity contribution in [1.82, 2.24) is 4.90 Å². The minimum Gasteiger partial charge on any atom is -0.444 e. The standard InChI is InChI=1S/C13H22FNO3/c1-13(2,3)18-12(17)15-8-5-4-6-9(15)11(14)10(16)7-8/h8-11,16H,4-7H2,1-3H3/t8-,9+,10-,11-/m0/s1. The Morgan fingerprint density at radius 2 is 2.06 bits per heavy atom. The third-order valence-corrected chi connectivity index (χ3v) is 3.64. The van der Waals surface area contributed by atoms with Gasteiger partial charge in [-0.3, -0.25) is 4.90 Å². The summed E-state index contributed by atoms with van der Waals surface area (Å²) in [5.74, 6) is 0. The molecule has 2 aliphatic rings. The zero-order valence-corrected chi connectivity index (χ0v) is 11.2. The average molecular weight is 259 g/mol. The van der Waals surface area contributed by atoms with Crippen molar-refractivity contribution in [3.05, 3.63) is 0 Å². The topological polar surface area (TPSA) is 49.8 Å². The molecule has 4 nitrogen and oxygen atoms in total. The Morgan fingerprint density at radius 3 is 2.67 bits per heavy atom. The minimum atomic E-state index is -1.35. The van der Waals surface area contributed by atoms with Gasteiger partial charge in [0.15, 0.2) is 0 Å². The van der Waals surface area contributed by atoms with Crippen LogP contribution in [0, 0.1) is 0 Å². The van der Waals surface area contributed by atoms with Gasteiger partial charge in [0.2, 0.25) is 0 Å². The van der Waals surface area contributed by atoms with Gasteiger partial charge in [-0.25, -0.2) is 9.18 Å². The summed E-state index contributed by atoms with van der Waals surface area (Å²) in [6.45, 7) is 5.39. The maximum absolute atomic E-state index is 14.0. The van der Waals surface area contributed by atoms with Gasteiger partial charge in [0.1, 0.15) is 11.8 Å². The maximum atomic E-state index is 14.0. The highest BCUT2D eigenvalue weighted by Crippen LogP contribution is 2.36. The summed E-state index contributed by atoms with van der Waals surface area (Å²) >= 11 is 0. The van der Waals surface area contributed by atoms with E-state index in [2.05, 4.69) is 0 Å². The van der Waals surface area contributed by atoms with Crippen molar-refractivity contribution < 1.29 is 19.0 Å². The molecule has 4 atom stereocenters. The number of rotatable bonds is 0. The fraction of sp³-hybridized carbons (Fsp3) is 0.923. The number of hydrogen-bond donors (Lipinski definition) is 1. The van der Waals surface area contributed by atoms with Crippen LogP contribution in [0.2, 0.25) is 0 Å². The number of halogens is 1. The number of nitrogens with zero attached hydrogens (tertiary/aromatic N) is 1. The molecule has 2 rings (SSSR count). The summed E-state index contributed by atoms with van der Waals surface area (Å²) < 4.78 is 19.3. The van der Waals surface area contributed by atoms with Gasteiger partial charge in [-0.05, 0) is 46.5 Å². The van der Waals surface area contributed by atoms with E-state index in [0.717, 1.165) is 12.8 Å². The number of aliphatic hydroxyl groups is 1. The van der Waals surface area contributed by atoms with Crippen molar-refractivity contribution in [2.75, 3.05) is 0 Å². The smallest absolute Gasteiger partial charge is 0.410 e. The normalized spacial score (nSPS) is 36.4. The number of aliphatic hydroxyl groups excluding tert-OH is 1. The molecule has 104 valence electrons. The highest BCUT2D eigenvalue weighted by atomic mass is 19.1. The van der Waals surface area contributed by atoms with Crippen LogP contribution in [0.15, 0.2) is 0 Å². The summed E-state index contributed by atoms with van der Waals surface area (Å²) in [4.78, 5) is 13.7. The molecule has 2 bridgehead atoms.